The lowest BCUT2D eigenvalue weighted by molar-refractivity contribution is -0.133. The molecular weight excluding hydrogens is 326 g/mol. The predicted molar refractivity (Wildman–Crippen MR) is 103 cm³/mol. The molecule has 0 saturated heterocycles. The number of fused-ring (bicyclic) bond motifs is 1. The lowest BCUT2D eigenvalue weighted by Gasteiger charge is -2.12. The van der Waals surface area contributed by atoms with Crippen molar-refractivity contribution in [1.29, 1.82) is 0 Å². The van der Waals surface area contributed by atoms with E-state index in [4.69, 9.17) is 9.47 Å². The third-order valence-corrected chi connectivity index (χ3v) is 4.39. The summed E-state index contributed by atoms with van der Waals surface area (Å²) in [6, 6.07) is 16.2. The third kappa shape index (κ3) is 3.90. The molecule has 3 aromatic rings. The van der Waals surface area contributed by atoms with Gasteiger partial charge in [0.15, 0.2) is 0 Å². The van der Waals surface area contributed by atoms with E-state index in [-0.39, 0.29) is 6.10 Å². The highest BCUT2D eigenvalue weighted by Crippen LogP contribution is 2.36. The molecule has 136 valence electrons. The Kier molecular flexibility index (Phi) is 5.61. The summed E-state index contributed by atoms with van der Waals surface area (Å²) in [5, 5.41) is 1.01. The van der Waals surface area contributed by atoms with Crippen LogP contribution in [0.3, 0.4) is 0 Å². The average Bonchev–Trinajstić information content (AvgIpc) is 3.00. The van der Waals surface area contributed by atoms with Crippen LogP contribution < -0.4 is 4.74 Å². The Balaban J connectivity index is 2.02. The van der Waals surface area contributed by atoms with Crippen LogP contribution in [0.25, 0.3) is 10.9 Å². The molecule has 4 nitrogen and oxygen atoms in total. The zero-order valence-corrected chi connectivity index (χ0v) is 15.5. The van der Waals surface area contributed by atoms with Crippen LogP contribution in [-0.2, 0) is 22.7 Å². The van der Waals surface area contributed by atoms with Crippen LogP contribution in [0.1, 0.15) is 38.0 Å². The van der Waals surface area contributed by atoms with Crippen molar-refractivity contribution in [2.45, 2.75) is 40.0 Å². The number of benzene rings is 2. The maximum atomic E-state index is 10.8. The molecule has 1 aromatic heterocycles. The minimum Gasteiger partial charge on any atom is -0.488 e. The average molecular weight is 351 g/mol. The van der Waals surface area contributed by atoms with Crippen molar-refractivity contribution in [2.24, 2.45) is 5.92 Å². The van der Waals surface area contributed by atoms with Crippen LogP contribution in [0.4, 0.5) is 0 Å². The van der Waals surface area contributed by atoms with Crippen molar-refractivity contribution >= 4 is 17.4 Å². The van der Waals surface area contributed by atoms with Crippen LogP contribution in [0, 0.1) is 5.92 Å². The molecule has 0 bridgehead atoms. The van der Waals surface area contributed by atoms with Crippen molar-refractivity contribution < 1.29 is 14.3 Å². The maximum Gasteiger partial charge on any atom is 0.293 e. The summed E-state index contributed by atoms with van der Waals surface area (Å²) in [4.78, 5) is 10.8. The van der Waals surface area contributed by atoms with Gasteiger partial charge in [0.1, 0.15) is 18.5 Å². The van der Waals surface area contributed by atoms with Gasteiger partial charge in [-0.05, 0) is 30.5 Å². The fourth-order valence-electron chi connectivity index (χ4n) is 3.22. The Morgan fingerprint density at radius 3 is 2.50 bits per heavy atom. The molecule has 4 heteroatoms. The van der Waals surface area contributed by atoms with E-state index in [1.165, 1.54) is 0 Å². The van der Waals surface area contributed by atoms with Crippen molar-refractivity contribution in [3.05, 3.63) is 65.9 Å². The van der Waals surface area contributed by atoms with Crippen molar-refractivity contribution in [3.8, 4) is 5.75 Å². The Bertz CT molecular complexity index is 868. The summed E-state index contributed by atoms with van der Waals surface area (Å²) in [6.07, 6.45) is 1.75. The number of hydrogen-bond donors (Lipinski definition) is 0. The zero-order chi connectivity index (χ0) is 18.5. The van der Waals surface area contributed by atoms with Crippen molar-refractivity contribution in [3.63, 3.8) is 0 Å². The molecule has 0 saturated carbocycles. The predicted octanol–water partition coefficient (Wildman–Crippen LogP) is 5.11. The third-order valence-electron chi connectivity index (χ3n) is 4.39. The lowest BCUT2D eigenvalue weighted by atomic mass is 10.1. The smallest absolute Gasteiger partial charge is 0.293 e. The normalized spacial score (nSPS) is 12.3. The Morgan fingerprint density at radius 1 is 1.04 bits per heavy atom. The van der Waals surface area contributed by atoms with Gasteiger partial charge in [-0.3, -0.25) is 4.79 Å². The SMILES string of the molecule is CC(C)Cn1cc(C(C)OC=O)c2c(OCc3ccccc3)cccc21. The fourth-order valence-corrected chi connectivity index (χ4v) is 3.22. The van der Waals surface area contributed by atoms with Crippen LogP contribution in [-0.4, -0.2) is 11.0 Å². The highest BCUT2D eigenvalue weighted by Gasteiger charge is 2.19. The molecule has 1 atom stereocenters. The molecule has 0 fully saturated rings. The summed E-state index contributed by atoms with van der Waals surface area (Å²) in [5.41, 5.74) is 3.18. The highest BCUT2D eigenvalue weighted by molar-refractivity contribution is 5.90. The molecule has 1 heterocycles. The van der Waals surface area contributed by atoms with E-state index in [2.05, 4.69) is 30.7 Å². The molecule has 26 heavy (non-hydrogen) atoms. The Labute approximate surface area is 154 Å². The molecule has 0 aliphatic carbocycles. The van der Waals surface area contributed by atoms with Gasteiger partial charge >= 0.3 is 0 Å². The summed E-state index contributed by atoms with van der Waals surface area (Å²) in [5.74, 6) is 1.32. The minimum absolute atomic E-state index is 0.329. The van der Waals surface area contributed by atoms with Gasteiger partial charge in [0.2, 0.25) is 0 Å². The van der Waals surface area contributed by atoms with E-state index in [1.807, 2.05) is 49.4 Å². The first-order chi connectivity index (χ1) is 12.6. The Hall–Kier alpha value is -2.75. The second-order valence-corrected chi connectivity index (χ2v) is 6.93. The molecule has 0 spiro atoms. The van der Waals surface area contributed by atoms with Gasteiger partial charge in [-0.25, -0.2) is 0 Å². The van der Waals surface area contributed by atoms with Gasteiger partial charge in [-0.2, -0.15) is 0 Å². The van der Waals surface area contributed by atoms with Gasteiger partial charge in [0.25, 0.3) is 6.47 Å². The van der Waals surface area contributed by atoms with Crippen molar-refractivity contribution in [2.75, 3.05) is 0 Å². The molecule has 2 aromatic carbocycles. The van der Waals surface area contributed by atoms with Gasteiger partial charge in [0.05, 0.1) is 5.52 Å². The van der Waals surface area contributed by atoms with Crippen molar-refractivity contribution in [1.82, 2.24) is 4.57 Å². The highest BCUT2D eigenvalue weighted by atomic mass is 16.5. The first-order valence-electron chi connectivity index (χ1n) is 8.97. The second-order valence-electron chi connectivity index (χ2n) is 6.93. The van der Waals surface area contributed by atoms with E-state index in [0.717, 1.165) is 34.3 Å². The quantitative estimate of drug-likeness (QED) is 0.530. The molecule has 0 radical (unpaired) electrons. The molecule has 3 rings (SSSR count). The molecule has 0 N–H and O–H groups in total. The van der Waals surface area contributed by atoms with Crippen LogP contribution >= 0.6 is 0 Å². The minimum atomic E-state index is -0.329. The number of aromatic nitrogens is 1. The van der Waals surface area contributed by atoms with Gasteiger partial charge in [-0.1, -0.05) is 50.2 Å². The molecule has 1 unspecified atom stereocenters. The lowest BCUT2D eigenvalue weighted by Crippen LogP contribution is -2.03. The molecule has 0 amide bonds. The van der Waals surface area contributed by atoms with Crippen LogP contribution in [0.2, 0.25) is 0 Å². The number of hydrogen-bond acceptors (Lipinski definition) is 3. The van der Waals surface area contributed by atoms with E-state index >= 15 is 0 Å². The number of nitrogens with zero attached hydrogens (tertiary/aromatic N) is 1. The summed E-state index contributed by atoms with van der Waals surface area (Å²) in [6.45, 7) is 8.16. The molecule has 0 aliphatic heterocycles. The standard InChI is InChI=1S/C22H25NO3/c1-16(2)12-23-13-19(17(3)26-15-24)22-20(23)10-7-11-21(22)25-14-18-8-5-4-6-9-18/h4-11,13,15-17H,12,14H2,1-3H3. The topological polar surface area (TPSA) is 40.5 Å². The molecular formula is C22H25NO3. The number of carbonyl (C=O) groups excluding carboxylic acids is 1. The number of rotatable bonds is 8. The van der Waals surface area contributed by atoms with E-state index in [1.54, 1.807) is 0 Å². The largest absolute Gasteiger partial charge is 0.488 e. The summed E-state index contributed by atoms with van der Waals surface area (Å²) < 4.78 is 13.6. The number of ether oxygens (including phenoxy) is 2. The van der Waals surface area contributed by atoms with E-state index in [9.17, 15) is 4.79 Å². The van der Waals surface area contributed by atoms with Gasteiger partial charge < -0.3 is 14.0 Å². The van der Waals surface area contributed by atoms with E-state index < -0.39 is 0 Å². The van der Waals surface area contributed by atoms with Gasteiger partial charge in [-0.15, -0.1) is 0 Å². The first-order valence-corrected chi connectivity index (χ1v) is 8.97. The number of carbonyl (C=O) groups is 1. The second kappa shape index (κ2) is 8.09. The van der Waals surface area contributed by atoms with Crippen LogP contribution in [0.5, 0.6) is 5.75 Å². The van der Waals surface area contributed by atoms with E-state index in [0.29, 0.717) is 19.0 Å². The first kappa shape index (κ1) is 18.1. The van der Waals surface area contributed by atoms with Gasteiger partial charge in [0, 0.05) is 23.7 Å². The molecule has 0 aliphatic rings. The monoisotopic (exact) mass is 351 g/mol. The maximum absolute atomic E-state index is 10.8. The summed E-state index contributed by atoms with van der Waals surface area (Å²) >= 11 is 0. The summed E-state index contributed by atoms with van der Waals surface area (Å²) in [7, 11) is 0. The zero-order valence-electron chi connectivity index (χ0n) is 15.5. The fraction of sp³-hybridized carbons (Fsp3) is 0.318. The van der Waals surface area contributed by atoms with Crippen LogP contribution in [0.15, 0.2) is 54.7 Å². The Morgan fingerprint density at radius 2 is 1.81 bits per heavy atom.